The molecule has 1 atom stereocenters. The minimum Gasteiger partial charge on any atom is -0.481 e. The monoisotopic (exact) mass is 579 g/mol. The molecule has 222 valence electrons. The van der Waals surface area contributed by atoms with Gasteiger partial charge in [-0.05, 0) is 89.4 Å². The molecular weight excluding hydrogens is 544 g/mol. The van der Waals surface area contributed by atoms with Gasteiger partial charge in [0, 0.05) is 18.8 Å². The molecule has 3 nitrogen and oxygen atoms in total. The summed E-state index contributed by atoms with van der Waals surface area (Å²) in [7, 11) is 0. The molecule has 3 rings (SSSR count). The van der Waals surface area contributed by atoms with Gasteiger partial charge >= 0.3 is 18.3 Å². The molecule has 0 spiro atoms. The van der Waals surface area contributed by atoms with E-state index in [1.165, 1.54) is 24.3 Å². The lowest BCUT2D eigenvalue weighted by Gasteiger charge is -2.27. The standard InChI is InChI=1S/C32H35F6NO2/c1-20(2)13-14-39(28-11-9-27(10-12-28)32(36,37)38)19-22-16-24(23-5-7-26(8-6-23)31(33,34)35)18-25(17-22)29(30(40)41)15-21(3)4/h5-12,16-18,20-21,29H,13-15,19H2,1-4H3,(H,40,41)/t29-/m1/s1. The van der Waals surface area contributed by atoms with Crippen molar-refractivity contribution in [1.29, 1.82) is 0 Å². The maximum Gasteiger partial charge on any atom is 0.416 e. The van der Waals surface area contributed by atoms with E-state index in [0.29, 0.717) is 46.8 Å². The summed E-state index contributed by atoms with van der Waals surface area (Å²) >= 11 is 0. The molecular formula is C32H35F6NO2. The average molecular weight is 580 g/mol. The van der Waals surface area contributed by atoms with Crippen LogP contribution in [-0.2, 0) is 23.7 Å². The van der Waals surface area contributed by atoms with E-state index in [9.17, 15) is 36.2 Å². The summed E-state index contributed by atoms with van der Waals surface area (Å²) in [4.78, 5) is 14.2. The van der Waals surface area contributed by atoms with E-state index in [1.54, 1.807) is 18.2 Å². The number of benzene rings is 3. The van der Waals surface area contributed by atoms with Crippen molar-refractivity contribution in [3.05, 3.63) is 89.0 Å². The quantitative estimate of drug-likeness (QED) is 0.230. The predicted octanol–water partition coefficient (Wildman–Crippen LogP) is 9.66. The van der Waals surface area contributed by atoms with Crippen molar-refractivity contribution >= 4 is 11.7 Å². The van der Waals surface area contributed by atoms with Crippen LogP contribution in [0.4, 0.5) is 32.0 Å². The molecule has 41 heavy (non-hydrogen) atoms. The van der Waals surface area contributed by atoms with E-state index in [2.05, 4.69) is 0 Å². The van der Waals surface area contributed by atoms with Crippen LogP contribution in [0.2, 0.25) is 0 Å². The fraction of sp³-hybridized carbons (Fsp3) is 0.406. The highest BCUT2D eigenvalue weighted by Crippen LogP contribution is 2.35. The van der Waals surface area contributed by atoms with E-state index >= 15 is 0 Å². The van der Waals surface area contributed by atoms with Crippen LogP contribution in [0.15, 0.2) is 66.7 Å². The Morgan fingerprint density at radius 1 is 0.756 bits per heavy atom. The van der Waals surface area contributed by atoms with Gasteiger partial charge in [0.15, 0.2) is 0 Å². The normalized spacial score (nSPS) is 13.1. The molecule has 0 saturated carbocycles. The third-order valence-corrected chi connectivity index (χ3v) is 6.88. The lowest BCUT2D eigenvalue weighted by atomic mass is 9.87. The first-order valence-corrected chi connectivity index (χ1v) is 13.5. The van der Waals surface area contributed by atoms with Gasteiger partial charge in [-0.15, -0.1) is 0 Å². The van der Waals surface area contributed by atoms with E-state index in [0.717, 1.165) is 30.7 Å². The molecule has 0 aromatic heterocycles. The van der Waals surface area contributed by atoms with Crippen LogP contribution in [0.25, 0.3) is 11.1 Å². The van der Waals surface area contributed by atoms with Gasteiger partial charge in [-0.3, -0.25) is 4.79 Å². The smallest absolute Gasteiger partial charge is 0.416 e. The number of carbonyl (C=O) groups is 1. The maximum atomic E-state index is 13.2. The molecule has 0 heterocycles. The highest BCUT2D eigenvalue weighted by molar-refractivity contribution is 5.78. The Morgan fingerprint density at radius 2 is 1.29 bits per heavy atom. The zero-order valence-corrected chi connectivity index (χ0v) is 23.5. The SMILES string of the molecule is CC(C)CCN(Cc1cc(-c2ccc(C(F)(F)F)cc2)cc([C@@H](CC(C)C)C(=O)O)c1)c1ccc(C(F)(F)F)cc1. The van der Waals surface area contributed by atoms with Gasteiger partial charge in [-0.2, -0.15) is 26.3 Å². The first kappa shape index (κ1) is 32.0. The molecule has 0 aliphatic heterocycles. The third-order valence-electron chi connectivity index (χ3n) is 6.88. The van der Waals surface area contributed by atoms with Gasteiger partial charge in [-0.25, -0.2) is 0 Å². The fourth-order valence-corrected chi connectivity index (χ4v) is 4.68. The number of rotatable bonds is 11. The molecule has 9 heteroatoms. The second-order valence-electron chi connectivity index (χ2n) is 11.2. The van der Waals surface area contributed by atoms with Crippen molar-refractivity contribution in [2.24, 2.45) is 11.8 Å². The van der Waals surface area contributed by atoms with E-state index in [4.69, 9.17) is 0 Å². The summed E-state index contributed by atoms with van der Waals surface area (Å²) in [5, 5.41) is 10.0. The molecule has 3 aromatic rings. The Bertz CT molecular complexity index is 1300. The Hall–Kier alpha value is -3.49. The van der Waals surface area contributed by atoms with Crippen LogP contribution in [-0.4, -0.2) is 17.6 Å². The van der Waals surface area contributed by atoms with Gasteiger partial charge < -0.3 is 10.0 Å². The zero-order valence-electron chi connectivity index (χ0n) is 23.5. The van der Waals surface area contributed by atoms with Crippen molar-refractivity contribution in [3.8, 4) is 11.1 Å². The van der Waals surface area contributed by atoms with Crippen molar-refractivity contribution in [1.82, 2.24) is 0 Å². The topological polar surface area (TPSA) is 40.5 Å². The predicted molar refractivity (Wildman–Crippen MR) is 149 cm³/mol. The van der Waals surface area contributed by atoms with Crippen LogP contribution in [0, 0.1) is 11.8 Å². The van der Waals surface area contributed by atoms with E-state index < -0.39 is 35.4 Å². The highest BCUT2D eigenvalue weighted by Gasteiger charge is 2.31. The minimum absolute atomic E-state index is 0.0731. The highest BCUT2D eigenvalue weighted by atomic mass is 19.4. The molecule has 0 fully saturated rings. The molecule has 0 amide bonds. The number of carboxylic acid groups (broad SMARTS) is 1. The average Bonchev–Trinajstić information content (AvgIpc) is 2.88. The largest absolute Gasteiger partial charge is 0.481 e. The van der Waals surface area contributed by atoms with Gasteiger partial charge in [-0.1, -0.05) is 52.0 Å². The van der Waals surface area contributed by atoms with Crippen molar-refractivity contribution in [2.45, 2.75) is 65.4 Å². The number of carboxylic acids is 1. The number of alkyl halides is 6. The molecule has 0 aliphatic carbocycles. The molecule has 3 aromatic carbocycles. The number of halogens is 6. The summed E-state index contributed by atoms with van der Waals surface area (Å²) in [6.45, 7) is 8.71. The Labute approximate surface area is 236 Å². The summed E-state index contributed by atoms with van der Waals surface area (Å²) in [6.07, 6.45) is -7.83. The molecule has 0 unspecified atom stereocenters. The number of aliphatic carboxylic acids is 1. The van der Waals surface area contributed by atoms with Crippen molar-refractivity contribution in [3.63, 3.8) is 0 Å². The second-order valence-corrected chi connectivity index (χ2v) is 11.2. The lowest BCUT2D eigenvalue weighted by molar-refractivity contribution is -0.139. The minimum atomic E-state index is -4.49. The number of nitrogens with zero attached hydrogens (tertiary/aromatic N) is 1. The summed E-state index contributed by atoms with van der Waals surface area (Å²) < 4.78 is 79.0. The number of hydrogen-bond donors (Lipinski definition) is 1. The van der Waals surface area contributed by atoms with Gasteiger partial charge in [0.2, 0.25) is 0 Å². The molecule has 0 aliphatic rings. The Balaban J connectivity index is 2.09. The zero-order chi connectivity index (χ0) is 30.5. The summed E-state index contributed by atoms with van der Waals surface area (Å²) in [5.74, 6) is -1.45. The summed E-state index contributed by atoms with van der Waals surface area (Å²) in [6, 6.07) is 14.9. The lowest BCUT2D eigenvalue weighted by Crippen LogP contribution is -2.25. The van der Waals surface area contributed by atoms with Crippen LogP contribution in [0.1, 0.15) is 68.7 Å². The van der Waals surface area contributed by atoms with Crippen molar-refractivity contribution < 1.29 is 36.2 Å². The van der Waals surface area contributed by atoms with Crippen LogP contribution in [0.5, 0.6) is 0 Å². The van der Waals surface area contributed by atoms with Gasteiger partial charge in [0.05, 0.1) is 17.0 Å². The molecule has 0 radical (unpaired) electrons. The van der Waals surface area contributed by atoms with Crippen LogP contribution in [0.3, 0.4) is 0 Å². The Kier molecular flexibility index (Phi) is 10.2. The third kappa shape index (κ3) is 9.00. The first-order valence-electron chi connectivity index (χ1n) is 13.5. The van der Waals surface area contributed by atoms with Gasteiger partial charge in [0.1, 0.15) is 0 Å². The summed E-state index contributed by atoms with van der Waals surface area (Å²) in [5.41, 5.74) is 1.33. The van der Waals surface area contributed by atoms with Crippen LogP contribution < -0.4 is 4.90 Å². The molecule has 0 saturated heterocycles. The van der Waals surface area contributed by atoms with Crippen LogP contribution >= 0.6 is 0 Å². The van der Waals surface area contributed by atoms with E-state index in [-0.39, 0.29) is 12.5 Å². The van der Waals surface area contributed by atoms with Gasteiger partial charge in [0.25, 0.3) is 0 Å². The molecule has 1 N–H and O–H groups in total. The first-order chi connectivity index (χ1) is 19.0. The maximum absolute atomic E-state index is 13.2. The molecule has 0 bridgehead atoms. The van der Waals surface area contributed by atoms with Crippen molar-refractivity contribution in [2.75, 3.05) is 11.4 Å². The second kappa shape index (κ2) is 13.0. The van der Waals surface area contributed by atoms with E-state index in [1.807, 2.05) is 32.6 Å². The number of anilines is 1. The number of hydrogen-bond acceptors (Lipinski definition) is 2. The Morgan fingerprint density at radius 3 is 1.76 bits per heavy atom. The fourth-order valence-electron chi connectivity index (χ4n) is 4.68.